The zero-order chi connectivity index (χ0) is 15.4. The Morgan fingerprint density at radius 2 is 1.64 bits per heavy atom. The first-order valence-electron chi connectivity index (χ1n) is 8.24. The Labute approximate surface area is 133 Å². The van der Waals surface area contributed by atoms with Crippen molar-refractivity contribution in [3.05, 3.63) is 17.7 Å². The van der Waals surface area contributed by atoms with Crippen LogP contribution in [0.4, 0.5) is 5.69 Å². The zero-order valence-corrected chi connectivity index (χ0v) is 13.7. The van der Waals surface area contributed by atoms with Crippen molar-refractivity contribution in [3.63, 3.8) is 0 Å². The quantitative estimate of drug-likeness (QED) is 0.896. The number of hydrogen-bond acceptors (Lipinski definition) is 5. The summed E-state index contributed by atoms with van der Waals surface area (Å²) in [6.07, 6.45) is 2.52. The smallest absolute Gasteiger partial charge is 0.142 e. The van der Waals surface area contributed by atoms with E-state index in [9.17, 15) is 0 Å². The van der Waals surface area contributed by atoms with Crippen LogP contribution in [0.5, 0.6) is 11.5 Å². The third-order valence-electron chi connectivity index (χ3n) is 4.63. The van der Waals surface area contributed by atoms with Crippen LogP contribution in [0.25, 0.3) is 0 Å². The van der Waals surface area contributed by atoms with E-state index in [1.165, 1.54) is 24.1 Å². The second-order valence-corrected chi connectivity index (χ2v) is 6.06. The van der Waals surface area contributed by atoms with Gasteiger partial charge in [-0.1, -0.05) is 0 Å². The van der Waals surface area contributed by atoms with Crippen LogP contribution in [0, 0.1) is 0 Å². The number of hydrogen-bond donors (Lipinski definition) is 1. The molecule has 0 spiro atoms. The van der Waals surface area contributed by atoms with E-state index in [2.05, 4.69) is 27.2 Å². The highest BCUT2D eigenvalue weighted by atomic mass is 16.5. The van der Waals surface area contributed by atoms with E-state index in [0.717, 1.165) is 57.3 Å². The van der Waals surface area contributed by atoms with Gasteiger partial charge in [-0.05, 0) is 18.9 Å². The molecule has 5 nitrogen and oxygen atoms in total. The molecule has 0 aliphatic carbocycles. The number of benzene rings is 1. The standard InChI is InChI=1S/C17H27N3O2/c1-21-16-12-15(20-7-3-4-8-20)17(22-2)11-14(16)13-19-9-5-18-6-10-19/h11-12,18H,3-10,13H2,1-2H3. The zero-order valence-electron chi connectivity index (χ0n) is 13.7. The predicted molar refractivity (Wildman–Crippen MR) is 89.1 cm³/mol. The predicted octanol–water partition coefficient (Wildman–Crippen LogP) is 1.71. The van der Waals surface area contributed by atoms with Gasteiger partial charge >= 0.3 is 0 Å². The Bertz CT molecular complexity index is 495. The van der Waals surface area contributed by atoms with Gasteiger partial charge in [-0.15, -0.1) is 0 Å². The van der Waals surface area contributed by atoms with Gasteiger partial charge in [0.25, 0.3) is 0 Å². The Morgan fingerprint density at radius 1 is 0.955 bits per heavy atom. The number of ether oxygens (including phenoxy) is 2. The van der Waals surface area contributed by atoms with Gasteiger partial charge in [-0.2, -0.15) is 0 Å². The summed E-state index contributed by atoms with van der Waals surface area (Å²) in [5.41, 5.74) is 2.38. The number of nitrogens with zero attached hydrogens (tertiary/aromatic N) is 2. The van der Waals surface area contributed by atoms with Crippen LogP contribution < -0.4 is 19.7 Å². The molecule has 2 heterocycles. The fraction of sp³-hybridized carbons (Fsp3) is 0.647. The lowest BCUT2D eigenvalue weighted by Gasteiger charge is -2.29. The van der Waals surface area contributed by atoms with Gasteiger partial charge in [0.2, 0.25) is 0 Å². The molecule has 0 saturated carbocycles. The minimum atomic E-state index is 0.918. The molecule has 0 unspecified atom stereocenters. The maximum absolute atomic E-state index is 5.66. The lowest BCUT2D eigenvalue weighted by Crippen LogP contribution is -2.42. The fourth-order valence-electron chi connectivity index (χ4n) is 3.38. The SMILES string of the molecule is COc1cc(N2CCCC2)c(OC)cc1CN1CCNCC1. The molecule has 2 aliphatic heterocycles. The maximum Gasteiger partial charge on any atom is 0.142 e. The second-order valence-electron chi connectivity index (χ2n) is 6.06. The molecule has 0 radical (unpaired) electrons. The number of methoxy groups -OCH3 is 2. The minimum absolute atomic E-state index is 0.918. The van der Waals surface area contributed by atoms with E-state index < -0.39 is 0 Å². The molecule has 0 amide bonds. The summed E-state index contributed by atoms with van der Waals surface area (Å²) >= 11 is 0. The van der Waals surface area contributed by atoms with Crippen LogP contribution in [-0.4, -0.2) is 58.4 Å². The molecule has 0 atom stereocenters. The van der Waals surface area contributed by atoms with E-state index >= 15 is 0 Å². The molecule has 0 aromatic heterocycles. The summed E-state index contributed by atoms with van der Waals surface area (Å²) < 4.78 is 11.3. The molecule has 0 bridgehead atoms. The number of anilines is 1. The molecule has 1 aromatic carbocycles. The van der Waals surface area contributed by atoms with Crippen molar-refractivity contribution in [1.29, 1.82) is 0 Å². The topological polar surface area (TPSA) is 37.0 Å². The van der Waals surface area contributed by atoms with E-state index in [4.69, 9.17) is 9.47 Å². The van der Waals surface area contributed by atoms with Gasteiger partial charge in [-0.3, -0.25) is 4.90 Å². The maximum atomic E-state index is 5.66. The van der Waals surface area contributed by atoms with Crippen molar-refractivity contribution < 1.29 is 9.47 Å². The number of piperazine rings is 1. The Morgan fingerprint density at radius 3 is 2.27 bits per heavy atom. The second kappa shape index (κ2) is 7.20. The molecular weight excluding hydrogens is 278 g/mol. The molecule has 2 fully saturated rings. The van der Waals surface area contributed by atoms with Crippen molar-refractivity contribution in [2.75, 3.05) is 58.4 Å². The highest BCUT2D eigenvalue weighted by Gasteiger charge is 2.21. The first-order valence-corrected chi connectivity index (χ1v) is 8.24. The first-order chi connectivity index (χ1) is 10.8. The molecular formula is C17H27N3O2. The lowest BCUT2D eigenvalue weighted by molar-refractivity contribution is 0.230. The summed E-state index contributed by atoms with van der Waals surface area (Å²) in [7, 11) is 3.52. The summed E-state index contributed by atoms with van der Waals surface area (Å²) in [4.78, 5) is 4.86. The molecule has 2 aliphatic rings. The Kier molecular flexibility index (Phi) is 5.05. The van der Waals surface area contributed by atoms with E-state index in [1.807, 2.05) is 0 Å². The number of rotatable bonds is 5. The van der Waals surface area contributed by atoms with Crippen molar-refractivity contribution >= 4 is 5.69 Å². The van der Waals surface area contributed by atoms with Crippen LogP contribution in [0.2, 0.25) is 0 Å². The van der Waals surface area contributed by atoms with Gasteiger partial charge in [0, 0.05) is 57.4 Å². The van der Waals surface area contributed by atoms with Crippen LogP contribution in [-0.2, 0) is 6.54 Å². The fourth-order valence-corrected chi connectivity index (χ4v) is 3.38. The van der Waals surface area contributed by atoms with E-state index in [-0.39, 0.29) is 0 Å². The average molecular weight is 305 g/mol. The van der Waals surface area contributed by atoms with Crippen LogP contribution in [0.1, 0.15) is 18.4 Å². The molecule has 1 aromatic rings. The Hall–Kier alpha value is -1.46. The van der Waals surface area contributed by atoms with Crippen molar-refractivity contribution in [1.82, 2.24) is 10.2 Å². The van der Waals surface area contributed by atoms with Crippen LogP contribution in [0.15, 0.2) is 12.1 Å². The molecule has 3 rings (SSSR count). The third-order valence-corrected chi connectivity index (χ3v) is 4.63. The molecule has 2 saturated heterocycles. The summed E-state index contributed by atoms with van der Waals surface area (Å²) in [6, 6.07) is 4.32. The van der Waals surface area contributed by atoms with Gasteiger partial charge in [0.15, 0.2) is 0 Å². The van der Waals surface area contributed by atoms with Gasteiger partial charge < -0.3 is 19.7 Å². The monoisotopic (exact) mass is 305 g/mol. The van der Waals surface area contributed by atoms with Crippen molar-refractivity contribution in [2.24, 2.45) is 0 Å². The van der Waals surface area contributed by atoms with E-state index in [1.54, 1.807) is 14.2 Å². The first kappa shape index (κ1) is 15.4. The third kappa shape index (κ3) is 3.31. The normalized spacial score (nSPS) is 19.5. The largest absolute Gasteiger partial charge is 0.496 e. The van der Waals surface area contributed by atoms with Crippen LogP contribution >= 0.6 is 0 Å². The van der Waals surface area contributed by atoms with Gasteiger partial charge in [0.05, 0.1) is 19.9 Å². The van der Waals surface area contributed by atoms with E-state index in [0.29, 0.717) is 0 Å². The molecule has 1 N–H and O–H groups in total. The lowest BCUT2D eigenvalue weighted by atomic mass is 10.1. The number of nitrogens with one attached hydrogen (secondary N) is 1. The molecule has 122 valence electrons. The highest BCUT2D eigenvalue weighted by Crippen LogP contribution is 2.37. The Balaban J connectivity index is 1.85. The minimum Gasteiger partial charge on any atom is -0.496 e. The van der Waals surface area contributed by atoms with Crippen molar-refractivity contribution in [3.8, 4) is 11.5 Å². The summed E-state index contributed by atoms with van der Waals surface area (Å²) in [5.74, 6) is 1.94. The summed E-state index contributed by atoms with van der Waals surface area (Å²) in [5, 5.41) is 3.39. The van der Waals surface area contributed by atoms with Gasteiger partial charge in [-0.25, -0.2) is 0 Å². The molecule has 22 heavy (non-hydrogen) atoms. The van der Waals surface area contributed by atoms with Gasteiger partial charge in [0.1, 0.15) is 11.5 Å². The summed E-state index contributed by atoms with van der Waals surface area (Å²) in [6.45, 7) is 7.42. The van der Waals surface area contributed by atoms with Crippen LogP contribution in [0.3, 0.4) is 0 Å². The molecule has 5 heteroatoms. The average Bonchev–Trinajstić information content (AvgIpc) is 3.09. The van der Waals surface area contributed by atoms with Crippen molar-refractivity contribution in [2.45, 2.75) is 19.4 Å². The highest BCUT2D eigenvalue weighted by molar-refractivity contribution is 5.64.